The lowest BCUT2D eigenvalue weighted by atomic mass is 10.0. The summed E-state index contributed by atoms with van der Waals surface area (Å²) >= 11 is 0. The summed E-state index contributed by atoms with van der Waals surface area (Å²) in [5, 5.41) is 3.37. The molecule has 3 rings (SSSR count). The maximum absolute atomic E-state index is 4.81. The van der Waals surface area contributed by atoms with E-state index in [4.69, 9.17) is 4.98 Å². The molecule has 3 heteroatoms. The molecule has 0 bridgehead atoms. The molecule has 0 spiro atoms. The fourth-order valence-electron chi connectivity index (χ4n) is 3.13. The van der Waals surface area contributed by atoms with Crippen molar-refractivity contribution < 1.29 is 0 Å². The first kappa shape index (κ1) is 11.1. The van der Waals surface area contributed by atoms with Crippen molar-refractivity contribution >= 4 is 0 Å². The molecule has 0 radical (unpaired) electrons. The molecule has 1 aliphatic carbocycles. The topological polar surface area (TPSA) is 37.8 Å². The van der Waals surface area contributed by atoms with Crippen LogP contribution in [0.2, 0.25) is 0 Å². The number of nitrogens with zero attached hydrogens (tertiary/aromatic N) is 2. The molecule has 1 fully saturated rings. The molecule has 1 aliphatic heterocycles. The number of rotatable bonds is 2. The molecular weight excluding hydrogens is 210 g/mol. The van der Waals surface area contributed by atoms with Crippen molar-refractivity contribution in [3.8, 4) is 0 Å². The first-order valence-electron chi connectivity index (χ1n) is 6.92. The van der Waals surface area contributed by atoms with Gasteiger partial charge in [-0.05, 0) is 25.2 Å². The smallest absolute Gasteiger partial charge is 0.131 e. The van der Waals surface area contributed by atoms with Crippen LogP contribution in [-0.2, 0) is 13.0 Å². The van der Waals surface area contributed by atoms with E-state index in [2.05, 4.69) is 17.2 Å². The van der Waals surface area contributed by atoms with Gasteiger partial charge in [-0.25, -0.2) is 9.97 Å². The Hall–Kier alpha value is -0.960. The first-order valence-corrected chi connectivity index (χ1v) is 6.92. The van der Waals surface area contributed by atoms with Crippen LogP contribution in [0.5, 0.6) is 0 Å². The highest BCUT2D eigenvalue weighted by Crippen LogP contribution is 2.38. The number of hydrogen-bond acceptors (Lipinski definition) is 3. The van der Waals surface area contributed by atoms with Gasteiger partial charge in [0.25, 0.3) is 0 Å². The van der Waals surface area contributed by atoms with Crippen molar-refractivity contribution in [1.82, 2.24) is 15.3 Å². The third-order valence-corrected chi connectivity index (χ3v) is 4.31. The van der Waals surface area contributed by atoms with Crippen LogP contribution in [0.15, 0.2) is 6.20 Å². The van der Waals surface area contributed by atoms with Gasteiger partial charge in [-0.15, -0.1) is 0 Å². The summed E-state index contributed by atoms with van der Waals surface area (Å²) in [7, 11) is 0. The molecule has 3 nitrogen and oxygen atoms in total. The molecule has 2 atom stereocenters. The van der Waals surface area contributed by atoms with Crippen LogP contribution < -0.4 is 5.32 Å². The number of hydrogen-bond donors (Lipinski definition) is 1. The minimum absolute atomic E-state index is 0.625. The van der Waals surface area contributed by atoms with Gasteiger partial charge >= 0.3 is 0 Å². The van der Waals surface area contributed by atoms with Crippen LogP contribution in [0.4, 0.5) is 0 Å². The van der Waals surface area contributed by atoms with Gasteiger partial charge in [0.1, 0.15) is 5.82 Å². The molecule has 92 valence electrons. The van der Waals surface area contributed by atoms with Crippen molar-refractivity contribution in [2.24, 2.45) is 5.92 Å². The van der Waals surface area contributed by atoms with E-state index in [1.807, 2.05) is 6.20 Å². The Bertz CT molecular complexity index is 402. The molecule has 2 unspecified atom stereocenters. The van der Waals surface area contributed by atoms with E-state index in [0.29, 0.717) is 5.92 Å². The van der Waals surface area contributed by atoms with Crippen molar-refractivity contribution in [2.75, 3.05) is 6.54 Å². The third-order valence-electron chi connectivity index (χ3n) is 4.31. The maximum Gasteiger partial charge on any atom is 0.131 e. The number of nitrogens with one attached hydrogen (secondary N) is 1. The van der Waals surface area contributed by atoms with Crippen LogP contribution in [-0.4, -0.2) is 16.5 Å². The van der Waals surface area contributed by atoms with Gasteiger partial charge < -0.3 is 5.32 Å². The Kier molecular flexibility index (Phi) is 3.10. The molecule has 0 amide bonds. The second-order valence-electron chi connectivity index (χ2n) is 5.41. The summed E-state index contributed by atoms with van der Waals surface area (Å²) < 4.78 is 0. The summed E-state index contributed by atoms with van der Waals surface area (Å²) in [6.07, 6.45) is 8.37. The van der Waals surface area contributed by atoms with Crippen LogP contribution in [0.1, 0.15) is 55.6 Å². The predicted molar refractivity (Wildman–Crippen MR) is 67.8 cm³/mol. The quantitative estimate of drug-likeness (QED) is 0.849. The Balaban J connectivity index is 1.79. The van der Waals surface area contributed by atoms with Crippen LogP contribution >= 0.6 is 0 Å². The zero-order chi connectivity index (χ0) is 11.7. The molecule has 0 aromatic carbocycles. The average molecular weight is 231 g/mol. The van der Waals surface area contributed by atoms with E-state index in [1.165, 1.54) is 36.9 Å². The minimum atomic E-state index is 0.625. The first-order chi connectivity index (χ1) is 8.36. The Morgan fingerprint density at radius 3 is 3.18 bits per heavy atom. The molecule has 2 aliphatic rings. The highest BCUT2D eigenvalue weighted by atomic mass is 14.9. The lowest BCUT2D eigenvalue weighted by Crippen LogP contribution is -2.25. The number of aromatic nitrogens is 2. The average Bonchev–Trinajstić information content (AvgIpc) is 2.87. The summed E-state index contributed by atoms with van der Waals surface area (Å²) in [4.78, 5) is 9.40. The standard InChI is InChI=1S/C14H21N3/c1-2-10-3-4-11(7-10)14-16-9-12-8-15-6-5-13(12)17-14/h9-11,15H,2-8H2,1H3. The van der Waals surface area contributed by atoms with Crippen LogP contribution in [0.25, 0.3) is 0 Å². The second-order valence-corrected chi connectivity index (χ2v) is 5.41. The Morgan fingerprint density at radius 2 is 2.35 bits per heavy atom. The largest absolute Gasteiger partial charge is 0.312 e. The summed E-state index contributed by atoms with van der Waals surface area (Å²) in [5.41, 5.74) is 2.58. The van der Waals surface area contributed by atoms with Gasteiger partial charge in [0.2, 0.25) is 0 Å². The van der Waals surface area contributed by atoms with E-state index in [9.17, 15) is 0 Å². The number of fused-ring (bicyclic) bond motifs is 1. The van der Waals surface area contributed by atoms with Crippen LogP contribution in [0.3, 0.4) is 0 Å². The van der Waals surface area contributed by atoms with E-state index >= 15 is 0 Å². The molecule has 1 aromatic rings. The normalized spacial score (nSPS) is 28.1. The molecule has 0 saturated heterocycles. The summed E-state index contributed by atoms with van der Waals surface area (Å²) in [6.45, 7) is 4.30. The third kappa shape index (κ3) is 2.21. The molecule has 1 N–H and O–H groups in total. The van der Waals surface area contributed by atoms with Crippen molar-refractivity contribution in [3.63, 3.8) is 0 Å². The monoisotopic (exact) mass is 231 g/mol. The molecule has 1 aromatic heterocycles. The van der Waals surface area contributed by atoms with Gasteiger partial charge in [-0.3, -0.25) is 0 Å². The summed E-state index contributed by atoms with van der Waals surface area (Å²) in [5.74, 6) is 2.64. The molecule has 17 heavy (non-hydrogen) atoms. The van der Waals surface area contributed by atoms with E-state index in [1.54, 1.807) is 0 Å². The van der Waals surface area contributed by atoms with E-state index in [0.717, 1.165) is 31.3 Å². The van der Waals surface area contributed by atoms with Crippen molar-refractivity contribution in [3.05, 3.63) is 23.3 Å². The van der Waals surface area contributed by atoms with Crippen molar-refractivity contribution in [1.29, 1.82) is 0 Å². The zero-order valence-corrected chi connectivity index (χ0v) is 10.6. The maximum atomic E-state index is 4.81. The lowest BCUT2D eigenvalue weighted by Gasteiger charge is -2.17. The van der Waals surface area contributed by atoms with Gasteiger partial charge in [-0.1, -0.05) is 13.3 Å². The SMILES string of the molecule is CCC1CCC(c2ncc3c(n2)CCNC3)C1. The molecule has 1 saturated carbocycles. The van der Waals surface area contributed by atoms with Gasteiger partial charge in [-0.2, -0.15) is 0 Å². The fourth-order valence-corrected chi connectivity index (χ4v) is 3.13. The highest BCUT2D eigenvalue weighted by Gasteiger charge is 2.27. The van der Waals surface area contributed by atoms with Crippen LogP contribution in [0, 0.1) is 5.92 Å². The van der Waals surface area contributed by atoms with E-state index in [-0.39, 0.29) is 0 Å². The van der Waals surface area contributed by atoms with Gasteiger partial charge in [0.05, 0.1) is 0 Å². The Labute approximate surface area is 103 Å². The minimum Gasteiger partial charge on any atom is -0.312 e. The second kappa shape index (κ2) is 4.73. The van der Waals surface area contributed by atoms with Gasteiger partial charge in [0, 0.05) is 42.9 Å². The van der Waals surface area contributed by atoms with Gasteiger partial charge in [0.15, 0.2) is 0 Å². The Morgan fingerprint density at radius 1 is 1.41 bits per heavy atom. The van der Waals surface area contributed by atoms with E-state index < -0.39 is 0 Å². The molecular formula is C14H21N3. The highest BCUT2D eigenvalue weighted by molar-refractivity contribution is 5.21. The lowest BCUT2D eigenvalue weighted by molar-refractivity contribution is 0.514. The predicted octanol–water partition coefficient (Wildman–Crippen LogP) is 2.42. The summed E-state index contributed by atoms with van der Waals surface area (Å²) in [6, 6.07) is 0. The van der Waals surface area contributed by atoms with Crippen molar-refractivity contribution in [2.45, 2.75) is 51.5 Å². The zero-order valence-electron chi connectivity index (χ0n) is 10.6. The molecule has 2 heterocycles. The fraction of sp³-hybridized carbons (Fsp3) is 0.714.